The number of benzene rings is 2. The van der Waals surface area contributed by atoms with Crippen LogP contribution in [-0.2, 0) is 36.4 Å². The third kappa shape index (κ3) is 4.14. The number of hydrogen-bond donors (Lipinski definition) is 3. The van der Waals surface area contributed by atoms with Gasteiger partial charge in [0.1, 0.15) is 17.3 Å². The molecule has 280 valence electrons. The monoisotopic (exact) mass is 722 g/mol. The predicted octanol–water partition coefficient (Wildman–Crippen LogP) is 3.79. The maximum atomic E-state index is 15.0. The van der Waals surface area contributed by atoms with Gasteiger partial charge in [0.05, 0.1) is 27.4 Å². The smallest absolute Gasteiger partial charge is 0.342 e. The summed E-state index contributed by atoms with van der Waals surface area (Å²) in [6.07, 6.45) is 6.53. The average Bonchev–Trinajstić information content (AvgIpc) is 3.81. The Morgan fingerprint density at radius 2 is 1.81 bits per heavy atom. The first-order chi connectivity index (χ1) is 25.5. The molecule has 9 rings (SSSR count). The highest BCUT2D eigenvalue weighted by molar-refractivity contribution is 5.95. The number of aromatic amines is 1. The summed E-state index contributed by atoms with van der Waals surface area (Å²) in [6, 6.07) is 11.2. The Morgan fingerprint density at radius 1 is 1.04 bits per heavy atom. The molecule has 2 fully saturated rings. The van der Waals surface area contributed by atoms with Crippen LogP contribution in [0.2, 0.25) is 0 Å². The first-order valence-electron chi connectivity index (χ1n) is 18.9. The van der Waals surface area contributed by atoms with E-state index >= 15 is 4.79 Å². The Bertz CT molecular complexity index is 2110. The van der Waals surface area contributed by atoms with Crippen molar-refractivity contribution < 1.29 is 34.0 Å². The zero-order valence-electron chi connectivity index (χ0n) is 31.4. The fourth-order valence-corrected chi connectivity index (χ4v) is 12.4. The Kier molecular flexibility index (Phi) is 7.62. The van der Waals surface area contributed by atoms with Crippen molar-refractivity contribution in [3.8, 4) is 5.75 Å². The molecule has 1 saturated heterocycles. The normalized spacial score (nSPS) is 36.8. The number of nitrogens with zero attached hydrogens (tertiary/aromatic N) is 3. The lowest BCUT2D eigenvalue weighted by Gasteiger charge is -2.63. The SMILES string of the molecule is CC[C@]12C=CCN3CC[C@@]4(c5cc([C@@]6(C(=O)OC)CC7C=C(C)CN(Cc8c6[nH]c6ccccc86)C7)c(OC)cc5N(C)[C@H]4[C@@](O)(C(=O)OC)[C@@H]1O)[C@H]32. The predicted molar refractivity (Wildman–Crippen MR) is 200 cm³/mol. The van der Waals surface area contributed by atoms with Crippen molar-refractivity contribution in [3.63, 3.8) is 0 Å². The molecule has 6 heterocycles. The Labute approximate surface area is 310 Å². The summed E-state index contributed by atoms with van der Waals surface area (Å²) in [5.41, 5.74) is 1.13. The number of anilines is 1. The van der Waals surface area contributed by atoms with Gasteiger partial charge in [-0.3, -0.25) is 14.6 Å². The minimum absolute atomic E-state index is 0.0430. The molecule has 2 bridgehead atoms. The molecule has 11 nitrogen and oxygen atoms in total. The highest BCUT2D eigenvalue weighted by Gasteiger charge is 2.79. The number of fused-ring (bicyclic) bond motifs is 6. The highest BCUT2D eigenvalue weighted by Crippen LogP contribution is 2.67. The van der Waals surface area contributed by atoms with Crippen LogP contribution in [0, 0.1) is 11.3 Å². The van der Waals surface area contributed by atoms with Crippen LogP contribution in [0.4, 0.5) is 5.69 Å². The van der Waals surface area contributed by atoms with Gasteiger partial charge in [0, 0.05) is 84.0 Å². The highest BCUT2D eigenvalue weighted by atomic mass is 16.5. The molecule has 2 unspecified atom stereocenters. The average molecular weight is 723 g/mol. The van der Waals surface area contributed by atoms with Gasteiger partial charge >= 0.3 is 11.9 Å². The molecule has 1 aliphatic carbocycles. The number of rotatable bonds is 5. The number of esters is 2. The number of likely N-dealkylation sites (N-methyl/N-ethyl adjacent to an activating group) is 1. The number of H-pyrrole nitrogens is 1. The van der Waals surface area contributed by atoms with Crippen molar-refractivity contribution in [2.45, 2.75) is 74.3 Å². The molecule has 3 aromatic rings. The number of para-hydroxylation sites is 1. The van der Waals surface area contributed by atoms with Crippen molar-refractivity contribution in [1.82, 2.24) is 14.8 Å². The van der Waals surface area contributed by atoms with E-state index in [0.29, 0.717) is 50.2 Å². The molecule has 9 atom stereocenters. The number of ether oxygens (including phenoxy) is 3. The fourth-order valence-electron chi connectivity index (χ4n) is 12.4. The number of aliphatic hydroxyl groups is 2. The van der Waals surface area contributed by atoms with Crippen LogP contribution in [0.25, 0.3) is 10.9 Å². The van der Waals surface area contributed by atoms with Crippen LogP contribution in [-0.4, -0.2) is 115 Å². The molecule has 53 heavy (non-hydrogen) atoms. The molecule has 1 saturated carbocycles. The summed E-state index contributed by atoms with van der Waals surface area (Å²) >= 11 is 0. The van der Waals surface area contributed by atoms with E-state index in [4.69, 9.17) is 14.2 Å². The molecule has 11 heteroatoms. The van der Waals surface area contributed by atoms with Crippen LogP contribution in [0.15, 0.2) is 60.2 Å². The number of aliphatic hydroxyl groups excluding tert-OH is 1. The maximum absolute atomic E-state index is 15.0. The van der Waals surface area contributed by atoms with Gasteiger partial charge in [-0.1, -0.05) is 48.9 Å². The third-order valence-electron chi connectivity index (χ3n) is 14.2. The van der Waals surface area contributed by atoms with Gasteiger partial charge in [0.2, 0.25) is 5.60 Å². The molecule has 3 N–H and O–H groups in total. The zero-order chi connectivity index (χ0) is 37.2. The second kappa shape index (κ2) is 11.7. The Balaban J connectivity index is 1.37. The second-order valence-corrected chi connectivity index (χ2v) is 16.4. The van der Waals surface area contributed by atoms with Crippen molar-refractivity contribution in [2.24, 2.45) is 11.3 Å². The van der Waals surface area contributed by atoms with Gasteiger partial charge < -0.3 is 34.3 Å². The summed E-state index contributed by atoms with van der Waals surface area (Å²) in [7, 11) is 6.22. The van der Waals surface area contributed by atoms with E-state index in [9.17, 15) is 15.0 Å². The van der Waals surface area contributed by atoms with Gasteiger partial charge in [-0.2, -0.15) is 0 Å². The van der Waals surface area contributed by atoms with Crippen LogP contribution in [0.5, 0.6) is 5.75 Å². The van der Waals surface area contributed by atoms with Gasteiger partial charge in [-0.25, -0.2) is 4.79 Å². The minimum Gasteiger partial charge on any atom is -0.496 e. The second-order valence-electron chi connectivity index (χ2n) is 16.4. The number of hydrogen-bond acceptors (Lipinski definition) is 10. The number of aromatic nitrogens is 1. The number of methoxy groups -OCH3 is 3. The zero-order valence-corrected chi connectivity index (χ0v) is 31.4. The van der Waals surface area contributed by atoms with Gasteiger partial charge in [-0.15, -0.1) is 0 Å². The van der Waals surface area contributed by atoms with E-state index < -0.39 is 40.0 Å². The summed E-state index contributed by atoms with van der Waals surface area (Å²) in [5, 5.41) is 26.3. The quantitative estimate of drug-likeness (QED) is 0.265. The standard InChI is InChI=1S/C42H50N4O7/c1-7-39-13-10-15-46-16-14-40(34(39)46)28-18-29(32(51-4)19-31(28)44(3)35(40)42(50,36(39)47)38(49)53-6)41(37(48)52-5)20-25-17-24(2)21-45(22-25)23-27-26-11-8-9-12-30(26)43-33(27)41/h8-13,17-19,25,34-36,43,47,50H,7,14-16,20-23H2,1-6H3/t25?,34-,35-,36-,39-,40-,41+,42+/m1/s1. The van der Waals surface area contributed by atoms with Crippen LogP contribution < -0.4 is 9.64 Å². The molecular weight excluding hydrogens is 672 g/mol. The van der Waals surface area contributed by atoms with Gasteiger partial charge in [0.25, 0.3) is 0 Å². The van der Waals surface area contributed by atoms with Crippen molar-refractivity contribution in [1.29, 1.82) is 0 Å². The molecule has 1 spiro atoms. The third-order valence-corrected chi connectivity index (χ3v) is 14.2. The van der Waals surface area contributed by atoms with E-state index in [1.165, 1.54) is 19.8 Å². The number of carbonyl (C=O) groups is 2. The summed E-state index contributed by atoms with van der Waals surface area (Å²) < 4.78 is 17.5. The first kappa shape index (κ1) is 34.6. The minimum atomic E-state index is -2.27. The van der Waals surface area contributed by atoms with E-state index in [0.717, 1.165) is 46.5 Å². The lowest BCUT2D eigenvalue weighted by Crippen LogP contribution is -2.80. The lowest BCUT2D eigenvalue weighted by molar-refractivity contribution is -0.218. The van der Waals surface area contributed by atoms with E-state index in [1.54, 1.807) is 7.11 Å². The van der Waals surface area contributed by atoms with Crippen molar-refractivity contribution >= 4 is 28.5 Å². The largest absolute Gasteiger partial charge is 0.496 e. The van der Waals surface area contributed by atoms with Crippen molar-refractivity contribution in [2.75, 3.05) is 59.5 Å². The topological polar surface area (TPSA) is 128 Å². The van der Waals surface area contributed by atoms with Crippen LogP contribution in [0.1, 0.15) is 55.5 Å². The Hall–Kier alpha value is -4.16. The summed E-state index contributed by atoms with van der Waals surface area (Å²) in [6.45, 7) is 7.90. The molecule has 2 aromatic carbocycles. The molecule has 6 aliphatic rings. The van der Waals surface area contributed by atoms with Crippen LogP contribution >= 0.6 is 0 Å². The molecule has 0 radical (unpaired) electrons. The van der Waals surface area contributed by atoms with Gasteiger partial charge in [-0.05, 0) is 61.9 Å². The molecule has 0 amide bonds. The fraction of sp³-hybridized carbons (Fsp3) is 0.524. The summed E-state index contributed by atoms with van der Waals surface area (Å²) in [4.78, 5) is 39.6. The summed E-state index contributed by atoms with van der Waals surface area (Å²) in [5.74, 6) is -0.684. The van der Waals surface area contributed by atoms with Crippen molar-refractivity contribution in [3.05, 3.63) is 82.6 Å². The van der Waals surface area contributed by atoms with Crippen LogP contribution in [0.3, 0.4) is 0 Å². The maximum Gasteiger partial charge on any atom is 0.342 e. The van der Waals surface area contributed by atoms with E-state index in [-0.39, 0.29) is 17.9 Å². The number of nitrogens with one attached hydrogen (secondary N) is 1. The Morgan fingerprint density at radius 3 is 2.55 bits per heavy atom. The number of carbonyl (C=O) groups excluding carboxylic acids is 2. The lowest BCUT2D eigenvalue weighted by atomic mass is 9.47. The van der Waals surface area contributed by atoms with E-state index in [1.807, 2.05) is 43.1 Å². The molecular formula is C42H50N4O7. The van der Waals surface area contributed by atoms with Gasteiger partial charge in [0.15, 0.2) is 0 Å². The molecule has 5 aliphatic heterocycles. The molecule has 1 aromatic heterocycles. The van der Waals surface area contributed by atoms with E-state index in [2.05, 4.69) is 52.1 Å². The first-order valence-corrected chi connectivity index (χ1v) is 18.9.